The van der Waals surface area contributed by atoms with E-state index in [1.807, 2.05) is 18.2 Å². The maximum absolute atomic E-state index is 14.2. The van der Waals surface area contributed by atoms with Crippen molar-refractivity contribution >= 4 is 77.3 Å². The molecule has 8 aromatic carbocycles. The summed E-state index contributed by atoms with van der Waals surface area (Å²) in [6.07, 6.45) is 0. The molecule has 3 aliphatic heterocycles. The van der Waals surface area contributed by atoms with Crippen molar-refractivity contribution in [3.63, 3.8) is 0 Å². The average molecular weight is 721 g/mol. The molecule has 0 bridgehead atoms. The fraction of sp³-hybridized carbons (Fsp3) is 0.0638. The summed E-state index contributed by atoms with van der Waals surface area (Å²) in [5, 5.41) is 4.64. The maximum atomic E-state index is 14.2. The van der Waals surface area contributed by atoms with Gasteiger partial charge in [0.15, 0.2) is 0 Å². The molecular formula is C47H32N2O2S2. The highest BCUT2D eigenvalue weighted by Gasteiger charge is 2.40. The van der Waals surface area contributed by atoms with E-state index in [9.17, 15) is 8.42 Å². The lowest BCUT2D eigenvalue weighted by atomic mass is 9.72. The Morgan fingerprint density at radius 1 is 0.491 bits per heavy atom. The van der Waals surface area contributed by atoms with Gasteiger partial charge >= 0.3 is 0 Å². The maximum Gasteiger partial charge on any atom is 0.207 e. The van der Waals surface area contributed by atoms with E-state index in [0.717, 1.165) is 76.6 Å². The van der Waals surface area contributed by atoms with Crippen molar-refractivity contribution < 1.29 is 8.42 Å². The van der Waals surface area contributed by atoms with Crippen molar-refractivity contribution in [2.45, 2.75) is 38.8 Å². The van der Waals surface area contributed by atoms with Crippen LogP contribution < -0.4 is 9.80 Å². The normalized spacial score (nSPS) is 15.7. The molecule has 11 rings (SSSR count). The van der Waals surface area contributed by atoms with Crippen LogP contribution in [0.5, 0.6) is 0 Å². The van der Waals surface area contributed by atoms with Gasteiger partial charge in [0.2, 0.25) is 9.84 Å². The van der Waals surface area contributed by atoms with Crippen LogP contribution in [-0.2, 0) is 15.3 Å². The molecule has 0 amide bonds. The molecule has 0 radical (unpaired) electrons. The highest BCUT2D eigenvalue weighted by Crippen LogP contribution is 2.57. The van der Waals surface area contributed by atoms with Gasteiger partial charge in [0.05, 0.1) is 32.5 Å². The van der Waals surface area contributed by atoms with E-state index >= 15 is 0 Å². The summed E-state index contributed by atoms with van der Waals surface area (Å²) in [6.45, 7) is 4.59. The zero-order valence-corrected chi connectivity index (χ0v) is 30.7. The van der Waals surface area contributed by atoms with Crippen molar-refractivity contribution in [3.8, 4) is 11.1 Å². The average Bonchev–Trinajstić information content (AvgIpc) is 3.41. The van der Waals surface area contributed by atoms with Crippen molar-refractivity contribution in [2.75, 3.05) is 9.80 Å². The molecule has 0 fully saturated rings. The summed E-state index contributed by atoms with van der Waals surface area (Å²) in [5.74, 6) is 0. The van der Waals surface area contributed by atoms with Crippen LogP contribution in [0.25, 0.3) is 32.7 Å². The van der Waals surface area contributed by atoms with E-state index in [1.54, 1.807) is 17.8 Å². The molecule has 0 saturated heterocycles. The molecule has 3 heterocycles. The molecule has 6 heteroatoms. The van der Waals surface area contributed by atoms with E-state index in [1.165, 1.54) is 11.1 Å². The van der Waals surface area contributed by atoms with Crippen molar-refractivity contribution in [2.24, 2.45) is 0 Å². The fourth-order valence-corrected chi connectivity index (χ4v) is 11.6. The summed E-state index contributed by atoms with van der Waals surface area (Å²) in [4.78, 5) is 7.66. The van der Waals surface area contributed by atoms with E-state index in [4.69, 9.17) is 0 Å². The standard InChI is InChI=1S/C47H32N2O2S2/c1-47(2)37-15-7-8-16-39(37)48(45-33-13-5-3-11-29(33)19-23-38(45)47)31-21-25-43-35(27-31)36-28-32(22-26-44(36)53(43,50)51)49-40-17-9-10-18-41(40)52-42-24-20-30-12-4-6-14-34(30)46(42)49/h3-28H,1-2H3. The molecule has 4 nitrogen and oxygen atoms in total. The van der Waals surface area contributed by atoms with Crippen molar-refractivity contribution in [3.05, 3.63) is 169 Å². The zero-order valence-electron chi connectivity index (χ0n) is 29.0. The largest absolute Gasteiger partial charge is 0.309 e. The molecule has 0 unspecified atom stereocenters. The number of benzene rings is 8. The fourth-order valence-electron chi connectivity index (χ4n) is 8.84. The molecule has 3 aliphatic rings. The predicted octanol–water partition coefficient (Wildman–Crippen LogP) is 12.8. The number of anilines is 6. The molecule has 0 N–H and O–H groups in total. The third-order valence-corrected chi connectivity index (χ3v) is 14.3. The van der Waals surface area contributed by atoms with Gasteiger partial charge in [-0.3, -0.25) is 0 Å². The van der Waals surface area contributed by atoms with Gasteiger partial charge in [0, 0.05) is 48.5 Å². The van der Waals surface area contributed by atoms with Gasteiger partial charge in [-0.1, -0.05) is 123 Å². The summed E-state index contributed by atoms with van der Waals surface area (Å²) < 4.78 is 28.5. The second kappa shape index (κ2) is 10.9. The van der Waals surface area contributed by atoms with Crippen LogP contribution in [0.1, 0.15) is 25.0 Å². The van der Waals surface area contributed by atoms with E-state index < -0.39 is 9.84 Å². The predicted molar refractivity (Wildman–Crippen MR) is 218 cm³/mol. The summed E-state index contributed by atoms with van der Waals surface area (Å²) in [7, 11) is -3.73. The van der Waals surface area contributed by atoms with E-state index in [-0.39, 0.29) is 5.41 Å². The van der Waals surface area contributed by atoms with Gasteiger partial charge < -0.3 is 9.80 Å². The van der Waals surface area contributed by atoms with Crippen LogP contribution in [0.15, 0.2) is 177 Å². The van der Waals surface area contributed by atoms with Crippen LogP contribution in [0.3, 0.4) is 0 Å². The number of para-hydroxylation sites is 2. The van der Waals surface area contributed by atoms with E-state index in [0.29, 0.717) is 9.79 Å². The first-order valence-electron chi connectivity index (χ1n) is 17.8. The van der Waals surface area contributed by atoms with Gasteiger partial charge in [0.25, 0.3) is 0 Å². The number of fused-ring (bicyclic) bond motifs is 11. The highest BCUT2D eigenvalue weighted by molar-refractivity contribution is 7.99. The number of hydrogen-bond acceptors (Lipinski definition) is 5. The monoisotopic (exact) mass is 720 g/mol. The van der Waals surface area contributed by atoms with Crippen molar-refractivity contribution in [1.82, 2.24) is 0 Å². The second-order valence-electron chi connectivity index (χ2n) is 14.6. The number of hydrogen-bond donors (Lipinski definition) is 0. The Labute approximate surface area is 312 Å². The summed E-state index contributed by atoms with van der Waals surface area (Å²) in [5.41, 5.74) is 9.93. The Kier molecular flexibility index (Phi) is 6.30. The molecule has 8 aromatic rings. The topological polar surface area (TPSA) is 40.6 Å². The minimum Gasteiger partial charge on any atom is -0.309 e. The molecule has 0 atom stereocenters. The Hall–Kier alpha value is -5.82. The zero-order chi connectivity index (χ0) is 35.6. The summed E-state index contributed by atoms with van der Waals surface area (Å²) >= 11 is 1.77. The Balaban J connectivity index is 1.14. The molecular weight excluding hydrogens is 689 g/mol. The lowest BCUT2D eigenvalue weighted by Gasteiger charge is -2.42. The minimum atomic E-state index is -3.73. The van der Waals surface area contributed by atoms with Crippen LogP contribution in [0, 0.1) is 0 Å². The van der Waals surface area contributed by atoms with Gasteiger partial charge in [-0.05, 0) is 82.6 Å². The third-order valence-electron chi connectivity index (χ3n) is 11.3. The quantitative estimate of drug-likeness (QED) is 0.178. The lowest BCUT2D eigenvalue weighted by Crippen LogP contribution is -2.30. The van der Waals surface area contributed by atoms with Crippen LogP contribution >= 0.6 is 11.8 Å². The van der Waals surface area contributed by atoms with Gasteiger partial charge in [-0.25, -0.2) is 8.42 Å². The Morgan fingerprint density at radius 3 is 1.74 bits per heavy atom. The SMILES string of the molecule is CC1(C)c2ccccc2N(c2ccc3c(c2)-c2cc(N4c5ccccc5Sc5ccc6ccccc6c54)ccc2S3(=O)=O)c2c1ccc1ccccc21. The Bertz CT molecular complexity index is 3000. The number of nitrogens with zero attached hydrogens (tertiary/aromatic N) is 2. The first-order chi connectivity index (χ1) is 25.8. The third kappa shape index (κ3) is 4.22. The van der Waals surface area contributed by atoms with Crippen LogP contribution in [-0.4, -0.2) is 8.42 Å². The molecule has 53 heavy (non-hydrogen) atoms. The molecule has 254 valence electrons. The second-order valence-corrected chi connectivity index (χ2v) is 17.5. The highest BCUT2D eigenvalue weighted by atomic mass is 32.2. The minimum absolute atomic E-state index is 0.239. The first kappa shape index (κ1) is 30.8. The lowest BCUT2D eigenvalue weighted by molar-refractivity contribution is 0.598. The number of rotatable bonds is 2. The first-order valence-corrected chi connectivity index (χ1v) is 20.1. The van der Waals surface area contributed by atoms with Gasteiger partial charge in [-0.15, -0.1) is 0 Å². The van der Waals surface area contributed by atoms with Crippen LogP contribution in [0.2, 0.25) is 0 Å². The summed E-state index contributed by atoms with van der Waals surface area (Å²) in [6, 6.07) is 54.6. The van der Waals surface area contributed by atoms with E-state index in [2.05, 4.69) is 157 Å². The van der Waals surface area contributed by atoms with Crippen molar-refractivity contribution in [1.29, 1.82) is 0 Å². The van der Waals surface area contributed by atoms with Gasteiger partial charge in [-0.2, -0.15) is 0 Å². The Morgan fingerprint density at radius 2 is 1.04 bits per heavy atom. The van der Waals surface area contributed by atoms with Gasteiger partial charge in [0.1, 0.15) is 0 Å². The smallest absolute Gasteiger partial charge is 0.207 e. The molecule has 0 aliphatic carbocycles. The molecule has 0 aromatic heterocycles. The molecule has 0 spiro atoms. The molecule has 0 saturated carbocycles. The number of sulfone groups is 1. The van der Waals surface area contributed by atoms with Crippen LogP contribution in [0.4, 0.5) is 34.1 Å².